The molecule has 1 aromatic rings. The third kappa shape index (κ3) is 3.51. The first-order chi connectivity index (χ1) is 7.54. The Labute approximate surface area is 97.6 Å². The quantitative estimate of drug-likeness (QED) is 0.778. The van der Waals surface area contributed by atoms with Gasteiger partial charge in [-0.05, 0) is 43.9 Å². The number of ether oxygens (including phenoxy) is 2. The van der Waals surface area contributed by atoms with Gasteiger partial charge in [-0.1, -0.05) is 12.1 Å². The molecule has 0 radical (unpaired) electrons. The van der Waals surface area contributed by atoms with E-state index in [1.807, 2.05) is 20.8 Å². The van der Waals surface area contributed by atoms with Gasteiger partial charge in [-0.2, -0.15) is 0 Å². The molecule has 0 aliphatic heterocycles. The van der Waals surface area contributed by atoms with Crippen LogP contribution < -0.4 is 10.5 Å². The van der Waals surface area contributed by atoms with Crippen molar-refractivity contribution < 1.29 is 9.47 Å². The molecular formula is C13H21NO2. The first-order valence-corrected chi connectivity index (χ1v) is 5.52. The highest BCUT2D eigenvalue weighted by Crippen LogP contribution is 2.25. The zero-order chi connectivity index (χ0) is 12.1. The van der Waals surface area contributed by atoms with E-state index < -0.39 is 0 Å². The second kappa shape index (κ2) is 5.87. The fourth-order valence-corrected chi connectivity index (χ4v) is 1.88. The molecule has 0 heterocycles. The highest BCUT2D eigenvalue weighted by molar-refractivity contribution is 5.43. The Morgan fingerprint density at radius 1 is 1.25 bits per heavy atom. The topological polar surface area (TPSA) is 44.5 Å². The molecule has 0 aliphatic carbocycles. The van der Waals surface area contributed by atoms with Gasteiger partial charge in [-0.25, -0.2) is 0 Å². The van der Waals surface area contributed by atoms with E-state index in [4.69, 9.17) is 15.2 Å². The molecule has 0 spiro atoms. The van der Waals surface area contributed by atoms with Crippen molar-refractivity contribution in [3.63, 3.8) is 0 Å². The van der Waals surface area contributed by atoms with Gasteiger partial charge in [0, 0.05) is 13.2 Å². The van der Waals surface area contributed by atoms with Gasteiger partial charge in [0.15, 0.2) is 6.79 Å². The normalized spacial score (nSPS) is 12.6. The van der Waals surface area contributed by atoms with E-state index in [9.17, 15) is 0 Å². The van der Waals surface area contributed by atoms with Gasteiger partial charge in [0.05, 0.1) is 0 Å². The first-order valence-electron chi connectivity index (χ1n) is 5.52. The van der Waals surface area contributed by atoms with E-state index in [1.54, 1.807) is 7.11 Å². The van der Waals surface area contributed by atoms with Crippen LogP contribution in [0.15, 0.2) is 12.1 Å². The van der Waals surface area contributed by atoms with Crippen molar-refractivity contribution in [3.8, 4) is 5.75 Å². The molecule has 90 valence electrons. The summed E-state index contributed by atoms with van der Waals surface area (Å²) in [4.78, 5) is 0. The van der Waals surface area contributed by atoms with Crippen molar-refractivity contribution in [3.05, 3.63) is 28.8 Å². The minimum absolute atomic E-state index is 0.185. The van der Waals surface area contributed by atoms with Crippen molar-refractivity contribution in [2.75, 3.05) is 13.9 Å². The van der Waals surface area contributed by atoms with Crippen LogP contribution in [0.2, 0.25) is 0 Å². The van der Waals surface area contributed by atoms with Crippen LogP contribution in [-0.4, -0.2) is 19.9 Å². The Hall–Kier alpha value is -1.06. The van der Waals surface area contributed by atoms with Crippen molar-refractivity contribution in [1.82, 2.24) is 0 Å². The molecule has 3 heteroatoms. The summed E-state index contributed by atoms with van der Waals surface area (Å²) in [5.74, 6) is 0.912. The van der Waals surface area contributed by atoms with E-state index in [1.165, 1.54) is 5.56 Å². The van der Waals surface area contributed by atoms with E-state index in [0.717, 1.165) is 23.3 Å². The molecule has 16 heavy (non-hydrogen) atoms. The molecular weight excluding hydrogens is 202 g/mol. The summed E-state index contributed by atoms with van der Waals surface area (Å²) in [7, 11) is 1.62. The van der Waals surface area contributed by atoms with Gasteiger partial charge in [-0.3, -0.25) is 0 Å². The van der Waals surface area contributed by atoms with E-state index in [2.05, 4.69) is 12.1 Å². The SMILES string of the molecule is COCOc1c(C)cc(CC(C)N)cc1C. The predicted octanol–water partition coefficient (Wildman–Crippen LogP) is 2.18. The Morgan fingerprint density at radius 3 is 2.25 bits per heavy atom. The molecule has 3 nitrogen and oxygen atoms in total. The number of methoxy groups -OCH3 is 1. The summed E-state index contributed by atoms with van der Waals surface area (Å²) in [6.45, 7) is 6.39. The molecule has 1 atom stereocenters. The molecule has 0 aliphatic rings. The molecule has 0 aromatic heterocycles. The number of benzene rings is 1. The fourth-order valence-electron chi connectivity index (χ4n) is 1.88. The minimum Gasteiger partial charge on any atom is -0.467 e. The van der Waals surface area contributed by atoms with Gasteiger partial charge in [0.2, 0.25) is 0 Å². The number of hydrogen-bond acceptors (Lipinski definition) is 3. The lowest BCUT2D eigenvalue weighted by Gasteiger charge is -2.14. The number of nitrogens with two attached hydrogens (primary N) is 1. The van der Waals surface area contributed by atoms with Gasteiger partial charge in [-0.15, -0.1) is 0 Å². The summed E-state index contributed by atoms with van der Waals surface area (Å²) >= 11 is 0. The highest BCUT2D eigenvalue weighted by Gasteiger charge is 2.07. The van der Waals surface area contributed by atoms with Crippen LogP contribution in [0.25, 0.3) is 0 Å². The standard InChI is InChI=1S/C13H21NO2/c1-9-5-12(7-11(3)14)6-10(2)13(9)16-8-15-4/h5-6,11H,7-8,14H2,1-4H3. The van der Waals surface area contributed by atoms with Crippen LogP contribution >= 0.6 is 0 Å². The van der Waals surface area contributed by atoms with E-state index in [-0.39, 0.29) is 12.8 Å². The lowest BCUT2D eigenvalue weighted by Crippen LogP contribution is -2.18. The molecule has 1 unspecified atom stereocenters. The van der Waals surface area contributed by atoms with Crippen molar-refractivity contribution in [1.29, 1.82) is 0 Å². The largest absolute Gasteiger partial charge is 0.467 e. The van der Waals surface area contributed by atoms with Gasteiger partial charge in [0.25, 0.3) is 0 Å². The van der Waals surface area contributed by atoms with Crippen molar-refractivity contribution >= 4 is 0 Å². The summed E-state index contributed by atoms with van der Waals surface area (Å²) in [5.41, 5.74) is 9.31. The van der Waals surface area contributed by atoms with Gasteiger partial charge < -0.3 is 15.2 Å². The van der Waals surface area contributed by atoms with Crippen LogP contribution in [-0.2, 0) is 11.2 Å². The van der Waals surface area contributed by atoms with Crippen molar-refractivity contribution in [2.45, 2.75) is 33.2 Å². The lowest BCUT2D eigenvalue weighted by molar-refractivity contribution is 0.0501. The predicted molar refractivity (Wildman–Crippen MR) is 65.8 cm³/mol. The summed E-state index contributed by atoms with van der Waals surface area (Å²) in [6, 6.07) is 4.44. The number of hydrogen-bond donors (Lipinski definition) is 1. The van der Waals surface area contributed by atoms with Gasteiger partial charge in [0.1, 0.15) is 5.75 Å². The summed E-state index contributed by atoms with van der Waals surface area (Å²) < 4.78 is 10.4. The maximum atomic E-state index is 5.79. The van der Waals surface area contributed by atoms with Crippen LogP contribution in [0.5, 0.6) is 5.75 Å². The maximum Gasteiger partial charge on any atom is 0.188 e. The van der Waals surface area contributed by atoms with Crippen LogP contribution in [0, 0.1) is 13.8 Å². The highest BCUT2D eigenvalue weighted by atomic mass is 16.7. The molecule has 1 rings (SSSR count). The summed E-state index contributed by atoms with van der Waals surface area (Å²) in [6.07, 6.45) is 0.895. The van der Waals surface area contributed by atoms with Crippen molar-refractivity contribution in [2.24, 2.45) is 5.73 Å². The average molecular weight is 223 g/mol. The molecule has 0 bridgehead atoms. The first kappa shape index (κ1) is 13.0. The molecule has 2 N–H and O–H groups in total. The Morgan fingerprint density at radius 2 is 1.81 bits per heavy atom. The third-order valence-corrected chi connectivity index (χ3v) is 2.40. The van der Waals surface area contributed by atoms with E-state index >= 15 is 0 Å². The lowest BCUT2D eigenvalue weighted by atomic mass is 10.0. The molecule has 1 aromatic carbocycles. The summed E-state index contributed by atoms with van der Waals surface area (Å²) in [5, 5.41) is 0. The zero-order valence-electron chi connectivity index (χ0n) is 10.5. The molecule has 0 fully saturated rings. The van der Waals surface area contributed by atoms with Gasteiger partial charge >= 0.3 is 0 Å². The molecule has 0 amide bonds. The molecule has 0 saturated carbocycles. The van der Waals surface area contributed by atoms with Crippen LogP contribution in [0.1, 0.15) is 23.6 Å². The fraction of sp³-hybridized carbons (Fsp3) is 0.538. The smallest absolute Gasteiger partial charge is 0.188 e. The number of rotatable bonds is 5. The van der Waals surface area contributed by atoms with Crippen LogP contribution in [0.4, 0.5) is 0 Å². The second-order valence-corrected chi connectivity index (χ2v) is 4.29. The Bertz CT molecular complexity index is 325. The van der Waals surface area contributed by atoms with E-state index in [0.29, 0.717) is 0 Å². The third-order valence-electron chi connectivity index (χ3n) is 2.40. The Kier molecular flexibility index (Phi) is 4.77. The number of aryl methyl sites for hydroxylation is 2. The zero-order valence-corrected chi connectivity index (χ0v) is 10.5. The second-order valence-electron chi connectivity index (χ2n) is 4.29. The van der Waals surface area contributed by atoms with Crippen LogP contribution in [0.3, 0.4) is 0 Å². The maximum absolute atomic E-state index is 5.79. The Balaban J connectivity index is 2.89. The monoisotopic (exact) mass is 223 g/mol. The minimum atomic E-state index is 0.185. The molecule has 0 saturated heterocycles. The average Bonchev–Trinajstić information content (AvgIpc) is 2.15.